The molecule has 0 N–H and O–H groups in total. The molecule has 4 nitrogen and oxygen atoms in total. The first-order valence-electron chi connectivity index (χ1n) is 8.21. The minimum absolute atomic E-state index is 0.167. The summed E-state index contributed by atoms with van der Waals surface area (Å²) in [4.78, 5) is 19.1. The van der Waals surface area contributed by atoms with E-state index in [1.165, 1.54) is 5.56 Å². The lowest BCUT2D eigenvalue weighted by Gasteiger charge is -2.35. The van der Waals surface area contributed by atoms with Gasteiger partial charge in [-0.1, -0.05) is 26.0 Å². The Hall–Kier alpha value is -1.39. The summed E-state index contributed by atoms with van der Waals surface area (Å²) in [6.45, 7) is 10.2. The number of hydrogen-bond donors (Lipinski definition) is 0. The largest absolute Gasteiger partial charge is 0.336 e. The van der Waals surface area contributed by atoms with Gasteiger partial charge in [-0.25, -0.2) is 0 Å². The lowest BCUT2D eigenvalue weighted by molar-refractivity contribution is 0.0624. The second kappa shape index (κ2) is 7.75. The van der Waals surface area contributed by atoms with Crippen molar-refractivity contribution in [3.63, 3.8) is 0 Å². The van der Waals surface area contributed by atoms with Gasteiger partial charge in [-0.2, -0.15) is 0 Å². The van der Waals surface area contributed by atoms with Crippen LogP contribution in [0.3, 0.4) is 0 Å². The number of benzene rings is 1. The highest BCUT2D eigenvalue weighted by Crippen LogP contribution is 2.12. The van der Waals surface area contributed by atoms with E-state index in [1.54, 1.807) is 0 Å². The van der Waals surface area contributed by atoms with Gasteiger partial charge in [0, 0.05) is 44.8 Å². The van der Waals surface area contributed by atoms with Crippen molar-refractivity contribution in [3.8, 4) is 0 Å². The molecule has 0 unspecified atom stereocenters. The van der Waals surface area contributed by atoms with Gasteiger partial charge in [0.1, 0.15) is 0 Å². The average molecular weight is 303 g/mol. The minimum Gasteiger partial charge on any atom is -0.336 e. The highest BCUT2D eigenvalue weighted by Gasteiger charge is 2.22. The molecule has 1 aliphatic heterocycles. The third kappa shape index (κ3) is 4.82. The molecule has 1 aliphatic rings. The Morgan fingerprint density at radius 1 is 1.09 bits per heavy atom. The number of carbonyl (C=O) groups excluding carboxylic acids is 1. The molecule has 1 aromatic rings. The summed E-state index contributed by atoms with van der Waals surface area (Å²) >= 11 is 0. The van der Waals surface area contributed by atoms with Crippen LogP contribution >= 0.6 is 0 Å². The highest BCUT2D eigenvalue weighted by molar-refractivity contribution is 5.94. The smallest absolute Gasteiger partial charge is 0.253 e. The number of hydrogen-bond acceptors (Lipinski definition) is 3. The van der Waals surface area contributed by atoms with Gasteiger partial charge in [-0.15, -0.1) is 0 Å². The molecule has 122 valence electrons. The Labute approximate surface area is 134 Å². The van der Waals surface area contributed by atoms with Crippen LogP contribution in [0.2, 0.25) is 0 Å². The van der Waals surface area contributed by atoms with Gasteiger partial charge in [0.15, 0.2) is 0 Å². The maximum absolute atomic E-state index is 12.6. The number of rotatable bonds is 5. The van der Waals surface area contributed by atoms with E-state index in [9.17, 15) is 4.79 Å². The lowest BCUT2D eigenvalue weighted by Crippen LogP contribution is -2.49. The Bertz CT molecular complexity index is 474. The zero-order valence-corrected chi connectivity index (χ0v) is 14.4. The molecular weight excluding hydrogens is 274 g/mol. The molecule has 0 aliphatic carbocycles. The van der Waals surface area contributed by atoms with Crippen molar-refractivity contribution in [2.75, 3.05) is 46.8 Å². The van der Waals surface area contributed by atoms with E-state index >= 15 is 0 Å². The zero-order valence-electron chi connectivity index (χ0n) is 14.4. The van der Waals surface area contributed by atoms with Crippen molar-refractivity contribution in [1.29, 1.82) is 0 Å². The molecule has 22 heavy (non-hydrogen) atoms. The fraction of sp³-hybridized carbons (Fsp3) is 0.611. The minimum atomic E-state index is 0.167. The van der Waals surface area contributed by atoms with Crippen molar-refractivity contribution in [3.05, 3.63) is 35.4 Å². The van der Waals surface area contributed by atoms with Gasteiger partial charge in [-0.3, -0.25) is 9.69 Å². The quantitative estimate of drug-likeness (QED) is 0.834. The molecule has 1 amide bonds. The van der Waals surface area contributed by atoms with Gasteiger partial charge in [0.25, 0.3) is 5.91 Å². The van der Waals surface area contributed by atoms with Crippen LogP contribution in [-0.4, -0.2) is 67.4 Å². The topological polar surface area (TPSA) is 26.8 Å². The fourth-order valence-electron chi connectivity index (χ4n) is 2.95. The summed E-state index contributed by atoms with van der Waals surface area (Å²) < 4.78 is 0. The summed E-state index contributed by atoms with van der Waals surface area (Å²) in [5.41, 5.74) is 2.04. The van der Waals surface area contributed by atoms with Crippen LogP contribution in [0.1, 0.15) is 29.8 Å². The van der Waals surface area contributed by atoms with Crippen LogP contribution in [0.25, 0.3) is 0 Å². The lowest BCUT2D eigenvalue weighted by atomic mass is 10.1. The Morgan fingerprint density at radius 3 is 2.18 bits per heavy atom. The first-order valence-corrected chi connectivity index (χ1v) is 8.21. The van der Waals surface area contributed by atoms with Gasteiger partial charge in [0.05, 0.1) is 0 Å². The molecule has 0 radical (unpaired) electrons. The van der Waals surface area contributed by atoms with Crippen molar-refractivity contribution < 1.29 is 4.79 Å². The third-order valence-corrected chi connectivity index (χ3v) is 3.98. The molecule has 4 heteroatoms. The number of piperazine rings is 1. The summed E-state index contributed by atoms with van der Waals surface area (Å²) in [5, 5.41) is 0. The monoisotopic (exact) mass is 303 g/mol. The molecule has 0 bridgehead atoms. The first kappa shape index (κ1) is 17.0. The van der Waals surface area contributed by atoms with Crippen molar-refractivity contribution >= 4 is 5.91 Å². The maximum atomic E-state index is 12.6. The molecule has 0 atom stereocenters. The van der Waals surface area contributed by atoms with E-state index in [0.717, 1.165) is 44.8 Å². The second-order valence-electron chi connectivity index (χ2n) is 6.92. The highest BCUT2D eigenvalue weighted by atomic mass is 16.2. The van der Waals surface area contributed by atoms with E-state index < -0.39 is 0 Å². The molecular formula is C18H29N3O. The van der Waals surface area contributed by atoms with Crippen molar-refractivity contribution in [2.24, 2.45) is 5.92 Å². The molecule has 0 saturated carbocycles. The van der Waals surface area contributed by atoms with E-state index in [1.807, 2.05) is 17.0 Å². The maximum Gasteiger partial charge on any atom is 0.253 e. The van der Waals surface area contributed by atoms with Gasteiger partial charge in [-0.05, 0) is 37.7 Å². The van der Waals surface area contributed by atoms with E-state index in [2.05, 4.69) is 49.9 Å². The van der Waals surface area contributed by atoms with E-state index in [-0.39, 0.29) is 5.91 Å². The summed E-state index contributed by atoms with van der Waals surface area (Å²) in [6, 6.07) is 8.04. The summed E-state index contributed by atoms with van der Waals surface area (Å²) in [7, 11) is 4.10. The zero-order chi connectivity index (χ0) is 16.1. The number of nitrogens with zero attached hydrogens (tertiary/aromatic N) is 3. The second-order valence-corrected chi connectivity index (χ2v) is 6.92. The Balaban J connectivity index is 1.89. The van der Waals surface area contributed by atoms with Crippen LogP contribution < -0.4 is 0 Å². The van der Waals surface area contributed by atoms with Crippen molar-refractivity contribution in [2.45, 2.75) is 20.4 Å². The summed E-state index contributed by atoms with van der Waals surface area (Å²) in [6.07, 6.45) is 0. The number of carbonyl (C=O) groups is 1. The van der Waals surface area contributed by atoms with Crippen molar-refractivity contribution in [1.82, 2.24) is 14.7 Å². The van der Waals surface area contributed by atoms with E-state index in [4.69, 9.17) is 0 Å². The number of amides is 1. The predicted octanol–water partition coefficient (Wildman–Crippen LogP) is 2.16. The van der Waals surface area contributed by atoms with Gasteiger partial charge < -0.3 is 9.80 Å². The molecule has 1 heterocycles. The molecule has 1 aromatic carbocycles. The SMILES string of the molecule is CC(C)CN1CCN(C(=O)c2ccc(CN(C)C)cc2)CC1. The molecule has 0 aromatic heterocycles. The van der Waals surface area contributed by atoms with Crippen LogP contribution in [-0.2, 0) is 6.54 Å². The Kier molecular flexibility index (Phi) is 5.98. The van der Waals surface area contributed by atoms with Gasteiger partial charge >= 0.3 is 0 Å². The average Bonchev–Trinajstić information content (AvgIpc) is 2.47. The van der Waals surface area contributed by atoms with Crippen LogP contribution in [0.5, 0.6) is 0 Å². The normalized spacial score (nSPS) is 16.5. The third-order valence-electron chi connectivity index (χ3n) is 3.98. The fourth-order valence-corrected chi connectivity index (χ4v) is 2.95. The Morgan fingerprint density at radius 2 is 1.68 bits per heavy atom. The van der Waals surface area contributed by atoms with Gasteiger partial charge in [0.2, 0.25) is 0 Å². The predicted molar refractivity (Wildman–Crippen MR) is 91.0 cm³/mol. The molecule has 2 rings (SSSR count). The van der Waals surface area contributed by atoms with Crippen LogP contribution in [0.15, 0.2) is 24.3 Å². The van der Waals surface area contributed by atoms with E-state index in [0.29, 0.717) is 5.92 Å². The molecule has 1 saturated heterocycles. The standard InChI is InChI=1S/C18H29N3O/c1-15(2)13-20-9-11-21(12-10-20)18(22)17-7-5-16(6-8-17)14-19(3)4/h5-8,15H,9-14H2,1-4H3. The first-order chi connectivity index (χ1) is 10.5. The molecule has 1 fully saturated rings. The summed E-state index contributed by atoms with van der Waals surface area (Å²) in [5.74, 6) is 0.854. The van der Waals surface area contributed by atoms with Crippen LogP contribution in [0, 0.1) is 5.92 Å². The molecule has 0 spiro atoms. The van der Waals surface area contributed by atoms with Crippen LogP contribution in [0.4, 0.5) is 0 Å².